The number of imide groups is 1. The van der Waals surface area contributed by atoms with Crippen LogP contribution in [0.4, 0.5) is 18.0 Å². The van der Waals surface area contributed by atoms with Crippen LogP contribution in [0.3, 0.4) is 0 Å². The third-order valence-corrected chi connectivity index (χ3v) is 6.25. The third-order valence-electron chi connectivity index (χ3n) is 6.25. The summed E-state index contributed by atoms with van der Waals surface area (Å²) in [7, 11) is 0. The molecule has 0 spiro atoms. The Morgan fingerprint density at radius 2 is 1.50 bits per heavy atom. The minimum atomic E-state index is -4.28. The van der Waals surface area contributed by atoms with E-state index in [0.717, 1.165) is 16.0 Å². The largest absolute Gasteiger partial charge is 0.393 e. The first kappa shape index (κ1) is 22.3. The first-order chi connectivity index (χ1) is 15.3. The number of nitrogens with one attached hydrogen (secondary N) is 1. The highest BCUT2D eigenvalue weighted by Crippen LogP contribution is 2.34. The van der Waals surface area contributed by atoms with Gasteiger partial charge in [-0.15, -0.1) is 0 Å². The molecule has 8 heteroatoms. The van der Waals surface area contributed by atoms with Crippen LogP contribution in [0.25, 0.3) is 0 Å². The van der Waals surface area contributed by atoms with Gasteiger partial charge in [0.15, 0.2) is 0 Å². The maximum absolute atomic E-state index is 13.6. The van der Waals surface area contributed by atoms with Gasteiger partial charge in [-0.25, -0.2) is 9.69 Å². The number of hydrogen-bond acceptors (Lipinski definition) is 3. The minimum Gasteiger partial charge on any atom is -0.322 e. The highest BCUT2D eigenvalue weighted by Gasteiger charge is 2.52. The number of amides is 3. The van der Waals surface area contributed by atoms with Gasteiger partial charge in [0, 0.05) is 19.4 Å². The van der Waals surface area contributed by atoms with Crippen LogP contribution in [0.15, 0.2) is 60.7 Å². The lowest BCUT2D eigenvalue weighted by Crippen LogP contribution is -2.52. The normalized spacial score (nSPS) is 21.6. The standard InChI is InChI=1S/C24H26F3N3O2/c25-24(26,27)20-12-7-13-29(16-20)17-30-21(31)23(28-22(30)32,14-18-8-3-1-4-9-18)15-19-10-5-2-6-11-19/h1-6,8-11,20H,7,12-17H2,(H,28,32). The summed E-state index contributed by atoms with van der Waals surface area (Å²) in [6, 6.07) is 18.3. The smallest absolute Gasteiger partial charge is 0.322 e. The van der Waals surface area contributed by atoms with Crippen LogP contribution in [-0.2, 0) is 17.6 Å². The van der Waals surface area contributed by atoms with Gasteiger partial charge in [0.1, 0.15) is 5.54 Å². The Bertz CT molecular complexity index is 908. The van der Waals surface area contributed by atoms with E-state index in [4.69, 9.17) is 0 Å². The van der Waals surface area contributed by atoms with Crippen molar-refractivity contribution in [3.63, 3.8) is 0 Å². The summed E-state index contributed by atoms with van der Waals surface area (Å²) in [4.78, 5) is 29.1. The minimum absolute atomic E-state index is 0.0755. The molecule has 0 aliphatic carbocycles. The van der Waals surface area contributed by atoms with Crippen molar-refractivity contribution in [1.82, 2.24) is 15.1 Å². The Morgan fingerprint density at radius 1 is 0.938 bits per heavy atom. The molecule has 0 aromatic heterocycles. The molecule has 2 aromatic rings. The van der Waals surface area contributed by atoms with Crippen LogP contribution >= 0.6 is 0 Å². The molecule has 1 N–H and O–H groups in total. The second-order valence-corrected chi connectivity index (χ2v) is 8.67. The molecule has 32 heavy (non-hydrogen) atoms. The molecular formula is C24H26F3N3O2. The van der Waals surface area contributed by atoms with Gasteiger partial charge in [-0.1, -0.05) is 60.7 Å². The lowest BCUT2D eigenvalue weighted by atomic mass is 9.84. The number of carbonyl (C=O) groups is 2. The van der Waals surface area contributed by atoms with Crippen molar-refractivity contribution in [2.75, 3.05) is 19.8 Å². The second-order valence-electron chi connectivity index (χ2n) is 8.67. The Balaban J connectivity index is 1.56. The molecule has 1 atom stereocenters. The molecule has 2 saturated heterocycles. The first-order valence-corrected chi connectivity index (χ1v) is 10.8. The van der Waals surface area contributed by atoms with E-state index in [1.165, 1.54) is 0 Å². The summed E-state index contributed by atoms with van der Waals surface area (Å²) in [6.45, 7) is 0.0848. The zero-order valence-electron chi connectivity index (χ0n) is 17.6. The number of likely N-dealkylation sites (tertiary alicyclic amines) is 1. The van der Waals surface area contributed by atoms with Gasteiger partial charge >= 0.3 is 12.2 Å². The van der Waals surface area contributed by atoms with E-state index >= 15 is 0 Å². The van der Waals surface area contributed by atoms with E-state index in [9.17, 15) is 22.8 Å². The van der Waals surface area contributed by atoms with E-state index in [0.29, 0.717) is 25.8 Å². The molecule has 2 fully saturated rings. The van der Waals surface area contributed by atoms with Gasteiger partial charge in [-0.3, -0.25) is 9.69 Å². The SMILES string of the molecule is O=C1NC(Cc2ccccc2)(Cc2ccccc2)C(=O)N1CN1CCCC(C(F)(F)F)C1. The molecule has 2 aliphatic heterocycles. The number of piperidine rings is 1. The van der Waals surface area contributed by atoms with Gasteiger partial charge in [-0.2, -0.15) is 13.2 Å². The average Bonchev–Trinajstić information content (AvgIpc) is 2.99. The van der Waals surface area contributed by atoms with E-state index < -0.39 is 29.6 Å². The van der Waals surface area contributed by atoms with Crippen molar-refractivity contribution in [1.29, 1.82) is 0 Å². The second kappa shape index (κ2) is 8.94. The van der Waals surface area contributed by atoms with Crippen LogP contribution in [0.5, 0.6) is 0 Å². The highest BCUT2D eigenvalue weighted by atomic mass is 19.4. The maximum atomic E-state index is 13.6. The maximum Gasteiger partial charge on any atom is 0.393 e. The molecule has 0 bridgehead atoms. The van der Waals surface area contributed by atoms with Gasteiger partial charge in [-0.05, 0) is 30.5 Å². The van der Waals surface area contributed by atoms with Crippen molar-refractivity contribution >= 4 is 11.9 Å². The van der Waals surface area contributed by atoms with Crippen molar-refractivity contribution in [2.45, 2.75) is 37.4 Å². The zero-order chi connectivity index (χ0) is 22.8. The molecule has 2 heterocycles. The molecule has 0 saturated carbocycles. The molecule has 5 nitrogen and oxygen atoms in total. The van der Waals surface area contributed by atoms with E-state index in [1.54, 1.807) is 4.90 Å². The van der Waals surface area contributed by atoms with Gasteiger partial charge in [0.25, 0.3) is 5.91 Å². The van der Waals surface area contributed by atoms with E-state index in [2.05, 4.69) is 5.32 Å². The molecular weight excluding hydrogens is 419 g/mol. The van der Waals surface area contributed by atoms with Crippen molar-refractivity contribution < 1.29 is 22.8 Å². The third kappa shape index (κ3) is 4.80. The van der Waals surface area contributed by atoms with Gasteiger partial charge in [0.2, 0.25) is 0 Å². The van der Waals surface area contributed by atoms with E-state index in [1.807, 2.05) is 60.7 Å². The quantitative estimate of drug-likeness (QED) is 0.684. The number of halogens is 3. The number of hydrogen-bond donors (Lipinski definition) is 1. The fourth-order valence-electron chi connectivity index (χ4n) is 4.65. The van der Waals surface area contributed by atoms with E-state index in [-0.39, 0.29) is 19.6 Å². The molecule has 0 radical (unpaired) electrons. The summed E-state index contributed by atoms with van der Waals surface area (Å²) in [5.74, 6) is -1.83. The summed E-state index contributed by atoms with van der Waals surface area (Å²) in [5.41, 5.74) is 0.613. The van der Waals surface area contributed by atoms with Crippen LogP contribution < -0.4 is 5.32 Å². The lowest BCUT2D eigenvalue weighted by Gasteiger charge is -2.35. The summed E-state index contributed by atoms with van der Waals surface area (Å²) >= 11 is 0. The van der Waals surface area contributed by atoms with Crippen LogP contribution in [-0.4, -0.2) is 53.2 Å². The average molecular weight is 445 g/mol. The van der Waals surface area contributed by atoms with Gasteiger partial charge in [0.05, 0.1) is 12.6 Å². The summed E-state index contributed by atoms with van der Waals surface area (Å²) in [5, 5.41) is 2.88. The fraction of sp³-hybridized carbons (Fsp3) is 0.417. The molecule has 2 aromatic carbocycles. The number of nitrogens with zero attached hydrogens (tertiary/aromatic N) is 2. The molecule has 1 unspecified atom stereocenters. The fourth-order valence-corrected chi connectivity index (χ4v) is 4.65. The summed E-state index contributed by atoms with van der Waals surface area (Å²) in [6.07, 6.45) is -3.22. The predicted octanol–water partition coefficient (Wildman–Crippen LogP) is 3.99. The van der Waals surface area contributed by atoms with Crippen molar-refractivity contribution in [2.24, 2.45) is 5.92 Å². The molecule has 4 rings (SSSR count). The van der Waals surface area contributed by atoms with Crippen LogP contribution in [0, 0.1) is 5.92 Å². The number of rotatable bonds is 6. The highest BCUT2D eigenvalue weighted by molar-refractivity contribution is 6.07. The molecule has 2 aliphatic rings. The van der Waals surface area contributed by atoms with Gasteiger partial charge < -0.3 is 5.32 Å². The Labute approximate surface area is 185 Å². The Kier molecular flexibility index (Phi) is 6.24. The molecule has 170 valence electrons. The van der Waals surface area contributed by atoms with Crippen molar-refractivity contribution in [3.8, 4) is 0 Å². The topological polar surface area (TPSA) is 52.7 Å². The van der Waals surface area contributed by atoms with Crippen LogP contribution in [0.1, 0.15) is 24.0 Å². The molecule has 3 amide bonds. The summed E-state index contributed by atoms with van der Waals surface area (Å²) < 4.78 is 39.6. The predicted molar refractivity (Wildman–Crippen MR) is 114 cm³/mol. The number of urea groups is 1. The van der Waals surface area contributed by atoms with Crippen LogP contribution in [0.2, 0.25) is 0 Å². The number of benzene rings is 2. The van der Waals surface area contributed by atoms with Crippen molar-refractivity contribution in [3.05, 3.63) is 71.8 Å². The lowest BCUT2D eigenvalue weighted by molar-refractivity contribution is -0.187. The Hall–Kier alpha value is -2.87. The monoisotopic (exact) mass is 445 g/mol. The number of alkyl halides is 3. The zero-order valence-corrected chi connectivity index (χ0v) is 17.6. The Morgan fingerprint density at radius 3 is 2.03 bits per heavy atom. The number of carbonyl (C=O) groups excluding carboxylic acids is 2. The first-order valence-electron chi connectivity index (χ1n) is 10.8.